The van der Waals surface area contributed by atoms with Crippen LogP contribution in [0.1, 0.15) is 6.42 Å². The molecule has 1 heterocycles. The number of hydrogen-bond donors (Lipinski definition) is 7. The lowest BCUT2D eigenvalue weighted by atomic mass is 9.99. The maximum atomic E-state index is 11.4. The molecule has 1 saturated heterocycles. The number of Topliss-reactive ketones (excluding diaryl/α,β-unsaturated/α-hetero) is 1. The van der Waals surface area contributed by atoms with Crippen molar-refractivity contribution in [3.05, 3.63) is 0 Å². The van der Waals surface area contributed by atoms with Gasteiger partial charge < -0.3 is 25.5 Å². The normalized spacial score (nSPS) is 20.2. The number of aliphatic imine (C=N–C) groups is 1. The topological polar surface area (TPSA) is 174 Å². The lowest BCUT2D eigenvalue weighted by molar-refractivity contribution is -0.146. The van der Waals surface area contributed by atoms with Gasteiger partial charge in [-0.2, -0.15) is 0 Å². The fourth-order valence-corrected chi connectivity index (χ4v) is 1.25. The molecule has 18 heavy (non-hydrogen) atoms. The van der Waals surface area contributed by atoms with E-state index in [1.54, 1.807) is 0 Å². The predicted molar refractivity (Wildman–Crippen MR) is 59.3 cm³/mol. The third-order valence-electron chi connectivity index (χ3n) is 2.45. The zero-order valence-corrected chi connectivity index (χ0v) is 9.52. The molecule has 0 saturated carbocycles. The van der Waals surface area contributed by atoms with Gasteiger partial charge in [-0.05, 0) is 0 Å². The molecular weight excluding hydrogens is 246 g/mol. The number of hydrazine groups is 1. The summed E-state index contributed by atoms with van der Waals surface area (Å²) in [6.07, 6.45) is -7.23. The van der Waals surface area contributed by atoms with Gasteiger partial charge in [-0.3, -0.25) is 15.6 Å². The molecular formula is C9H17N3O6. The van der Waals surface area contributed by atoms with E-state index in [4.69, 9.17) is 10.2 Å². The van der Waals surface area contributed by atoms with Gasteiger partial charge >= 0.3 is 0 Å². The van der Waals surface area contributed by atoms with Crippen LogP contribution in [-0.2, 0) is 4.79 Å². The second-order valence-corrected chi connectivity index (χ2v) is 3.87. The molecule has 1 aliphatic heterocycles. The van der Waals surface area contributed by atoms with E-state index in [2.05, 4.69) is 15.8 Å². The van der Waals surface area contributed by atoms with E-state index in [0.717, 1.165) is 0 Å². The van der Waals surface area contributed by atoms with Crippen LogP contribution in [0.25, 0.3) is 0 Å². The Labute approximate surface area is 103 Å². The molecule has 9 nitrogen and oxygen atoms in total. The van der Waals surface area contributed by atoms with Gasteiger partial charge in [0.2, 0.25) is 5.96 Å². The van der Waals surface area contributed by atoms with Crippen LogP contribution in [0.2, 0.25) is 0 Å². The minimum atomic E-state index is -1.86. The molecule has 9 heteroatoms. The second kappa shape index (κ2) is 6.61. The highest BCUT2D eigenvalue weighted by molar-refractivity contribution is 5.91. The summed E-state index contributed by atoms with van der Waals surface area (Å²) in [6, 6.07) is 0. The minimum Gasteiger partial charge on any atom is -0.394 e. The third kappa shape index (κ3) is 4.20. The number of rotatable bonds is 8. The zero-order valence-electron chi connectivity index (χ0n) is 9.52. The average Bonchev–Trinajstić information content (AvgIpc) is 3.18. The standard InChI is InChI=1S/C9H17N3O6/c13-3-5(15)7(17)8(18)6(16)4(14)1-2-10-9-11-12-9/h5-8,13,15-18H,1-3H2,(H2,10,11,12)/t5-,6-,7-,8-/m1/s1. The Kier molecular flexibility index (Phi) is 5.44. The Morgan fingerprint density at radius 1 is 1.17 bits per heavy atom. The lowest BCUT2D eigenvalue weighted by Gasteiger charge is -2.24. The number of hydrogen-bond acceptors (Lipinski definition) is 7. The van der Waals surface area contributed by atoms with Gasteiger partial charge in [0, 0.05) is 13.0 Å². The van der Waals surface area contributed by atoms with Crippen molar-refractivity contribution in [1.29, 1.82) is 0 Å². The van der Waals surface area contributed by atoms with Gasteiger partial charge in [-0.1, -0.05) is 0 Å². The summed E-state index contributed by atoms with van der Waals surface area (Å²) in [4.78, 5) is 15.3. The second-order valence-electron chi connectivity index (χ2n) is 3.87. The first kappa shape index (κ1) is 14.8. The van der Waals surface area contributed by atoms with Crippen molar-refractivity contribution in [2.75, 3.05) is 13.2 Å². The number of nitrogens with zero attached hydrogens (tertiary/aromatic N) is 1. The van der Waals surface area contributed by atoms with Crippen LogP contribution >= 0.6 is 0 Å². The van der Waals surface area contributed by atoms with E-state index in [1.165, 1.54) is 0 Å². The van der Waals surface area contributed by atoms with E-state index >= 15 is 0 Å². The minimum absolute atomic E-state index is 0.118. The summed E-state index contributed by atoms with van der Waals surface area (Å²) in [5.74, 6) is -0.176. The summed E-state index contributed by atoms with van der Waals surface area (Å²) in [7, 11) is 0. The highest BCUT2D eigenvalue weighted by Gasteiger charge is 2.33. The molecule has 104 valence electrons. The Morgan fingerprint density at radius 2 is 1.78 bits per heavy atom. The molecule has 1 fully saturated rings. The molecule has 0 aromatic heterocycles. The summed E-state index contributed by atoms with van der Waals surface area (Å²) in [6.45, 7) is -0.666. The van der Waals surface area contributed by atoms with Crippen molar-refractivity contribution in [3.63, 3.8) is 0 Å². The first-order valence-corrected chi connectivity index (χ1v) is 5.39. The van der Waals surface area contributed by atoms with Crippen LogP contribution in [0.3, 0.4) is 0 Å². The molecule has 0 unspecified atom stereocenters. The molecule has 4 atom stereocenters. The van der Waals surface area contributed by atoms with Gasteiger partial charge in [0.1, 0.15) is 24.4 Å². The van der Waals surface area contributed by atoms with E-state index in [1.807, 2.05) is 0 Å². The highest BCUT2D eigenvalue weighted by Crippen LogP contribution is 2.07. The molecule has 7 N–H and O–H groups in total. The van der Waals surface area contributed by atoms with Crippen LogP contribution in [0.15, 0.2) is 4.99 Å². The van der Waals surface area contributed by atoms with Crippen LogP contribution in [0.4, 0.5) is 0 Å². The zero-order chi connectivity index (χ0) is 13.7. The lowest BCUT2D eigenvalue weighted by Crippen LogP contribution is -2.48. The van der Waals surface area contributed by atoms with E-state index < -0.39 is 36.8 Å². The Bertz CT molecular complexity index is 317. The van der Waals surface area contributed by atoms with Crippen molar-refractivity contribution >= 4 is 11.7 Å². The van der Waals surface area contributed by atoms with Gasteiger partial charge in [-0.25, -0.2) is 4.99 Å². The van der Waals surface area contributed by atoms with Crippen LogP contribution in [0.5, 0.6) is 0 Å². The quantitative estimate of drug-likeness (QED) is 0.216. The largest absolute Gasteiger partial charge is 0.394 e. The smallest absolute Gasteiger partial charge is 0.229 e. The number of guanidine groups is 1. The monoisotopic (exact) mass is 263 g/mol. The Hall–Kier alpha value is -1.26. The van der Waals surface area contributed by atoms with Crippen molar-refractivity contribution < 1.29 is 30.3 Å². The molecule has 0 spiro atoms. The van der Waals surface area contributed by atoms with Gasteiger partial charge in [0.15, 0.2) is 5.78 Å². The average molecular weight is 263 g/mol. The van der Waals surface area contributed by atoms with E-state index in [-0.39, 0.29) is 13.0 Å². The third-order valence-corrected chi connectivity index (χ3v) is 2.45. The Morgan fingerprint density at radius 3 is 2.28 bits per heavy atom. The predicted octanol–water partition coefficient (Wildman–Crippen LogP) is -4.15. The molecule has 0 radical (unpaired) electrons. The van der Waals surface area contributed by atoms with Gasteiger partial charge in [-0.15, -0.1) is 0 Å². The summed E-state index contributed by atoms with van der Waals surface area (Å²) < 4.78 is 0. The first-order valence-electron chi connectivity index (χ1n) is 5.39. The maximum absolute atomic E-state index is 11.4. The SMILES string of the molecule is O=C(CCN=C1NN1)[C@@H](O)[C@@H](O)[C@H](O)[C@H](O)CO. The van der Waals surface area contributed by atoms with Crippen molar-refractivity contribution in [1.82, 2.24) is 10.9 Å². The van der Waals surface area contributed by atoms with Crippen LogP contribution in [-0.4, -0.2) is 74.8 Å². The molecule has 0 aromatic carbocycles. The van der Waals surface area contributed by atoms with E-state index in [9.17, 15) is 20.1 Å². The van der Waals surface area contributed by atoms with E-state index in [0.29, 0.717) is 5.96 Å². The molecule has 0 bridgehead atoms. The van der Waals surface area contributed by atoms with Crippen molar-refractivity contribution in [3.8, 4) is 0 Å². The van der Waals surface area contributed by atoms with Crippen LogP contribution in [0, 0.1) is 0 Å². The molecule has 1 aliphatic rings. The molecule has 1 rings (SSSR count). The molecule has 0 amide bonds. The highest BCUT2D eigenvalue weighted by atomic mass is 16.4. The molecule has 0 aliphatic carbocycles. The number of aliphatic hydroxyl groups is 5. The number of carbonyl (C=O) groups is 1. The van der Waals surface area contributed by atoms with Gasteiger partial charge in [0.25, 0.3) is 0 Å². The first-order chi connectivity index (χ1) is 8.47. The van der Waals surface area contributed by atoms with Crippen LogP contribution < -0.4 is 10.9 Å². The number of aliphatic hydroxyl groups excluding tert-OH is 5. The molecule has 0 aromatic rings. The summed E-state index contributed by atoms with van der Waals surface area (Å²) >= 11 is 0. The number of nitrogens with one attached hydrogen (secondary N) is 2. The van der Waals surface area contributed by atoms with Crippen molar-refractivity contribution in [2.24, 2.45) is 4.99 Å². The summed E-state index contributed by atoms with van der Waals surface area (Å²) in [5.41, 5.74) is 5.15. The fraction of sp³-hybridized carbons (Fsp3) is 0.778. The fourth-order valence-electron chi connectivity index (χ4n) is 1.25. The number of ketones is 1. The summed E-state index contributed by atoms with van der Waals surface area (Å²) in [5, 5.41) is 45.8. The number of carbonyl (C=O) groups excluding carboxylic acids is 1. The van der Waals surface area contributed by atoms with Gasteiger partial charge in [0.05, 0.1) is 6.61 Å². The maximum Gasteiger partial charge on any atom is 0.229 e. The Balaban J connectivity index is 2.38. The van der Waals surface area contributed by atoms with Crippen molar-refractivity contribution in [2.45, 2.75) is 30.8 Å².